The van der Waals surface area contributed by atoms with Crippen molar-refractivity contribution in [2.24, 2.45) is 0 Å². The number of ketones is 1. The van der Waals surface area contributed by atoms with E-state index in [0.29, 0.717) is 34.8 Å². The molecule has 6 nitrogen and oxygen atoms in total. The molecular weight excluding hydrogens is 354 g/mol. The number of ether oxygens (including phenoxy) is 2. The van der Waals surface area contributed by atoms with Gasteiger partial charge in [0.15, 0.2) is 17.3 Å². The lowest BCUT2D eigenvalue weighted by atomic mass is 10.1. The zero-order valence-electron chi connectivity index (χ0n) is 14.7. The summed E-state index contributed by atoms with van der Waals surface area (Å²) in [5.41, 5.74) is 2.08. The topological polar surface area (TPSA) is 73.3 Å². The highest BCUT2D eigenvalue weighted by molar-refractivity contribution is 6.28. The summed E-state index contributed by atoms with van der Waals surface area (Å²) in [6.45, 7) is 1.84. The van der Waals surface area contributed by atoms with Crippen LogP contribution in [0.25, 0.3) is 10.9 Å². The smallest absolute Gasteiger partial charge is 0.224 e. The van der Waals surface area contributed by atoms with Crippen molar-refractivity contribution in [3.63, 3.8) is 0 Å². The summed E-state index contributed by atoms with van der Waals surface area (Å²) in [5.74, 6) is 1.76. The number of aromatic nitrogens is 2. The molecule has 0 fully saturated rings. The van der Waals surface area contributed by atoms with Gasteiger partial charge in [-0.1, -0.05) is 6.92 Å². The first kappa shape index (κ1) is 17.9. The maximum absolute atomic E-state index is 11.7. The number of rotatable bonds is 6. The monoisotopic (exact) mass is 371 g/mol. The van der Waals surface area contributed by atoms with Crippen LogP contribution >= 0.6 is 11.6 Å². The van der Waals surface area contributed by atoms with E-state index >= 15 is 0 Å². The molecule has 0 atom stereocenters. The van der Waals surface area contributed by atoms with Crippen LogP contribution in [0.2, 0.25) is 5.28 Å². The summed E-state index contributed by atoms with van der Waals surface area (Å²) in [4.78, 5) is 20.3. The Morgan fingerprint density at radius 3 is 2.35 bits per heavy atom. The normalized spacial score (nSPS) is 10.6. The fraction of sp³-hybridized carbons (Fsp3) is 0.211. The molecule has 0 bridgehead atoms. The zero-order valence-corrected chi connectivity index (χ0v) is 15.4. The van der Waals surface area contributed by atoms with E-state index < -0.39 is 0 Å². The number of Topliss-reactive ketones (excluding diaryl/α,β-unsaturated/α-hetero) is 1. The average Bonchev–Trinajstić information content (AvgIpc) is 2.66. The minimum absolute atomic E-state index is 0.101. The Morgan fingerprint density at radius 2 is 1.73 bits per heavy atom. The minimum Gasteiger partial charge on any atom is -0.493 e. The van der Waals surface area contributed by atoms with E-state index in [0.717, 1.165) is 11.1 Å². The van der Waals surface area contributed by atoms with Crippen LogP contribution in [0.5, 0.6) is 11.5 Å². The van der Waals surface area contributed by atoms with Gasteiger partial charge in [0.25, 0.3) is 0 Å². The average molecular weight is 372 g/mol. The highest BCUT2D eigenvalue weighted by Gasteiger charge is 2.13. The van der Waals surface area contributed by atoms with Gasteiger partial charge in [0, 0.05) is 29.1 Å². The summed E-state index contributed by atoms with van der Waals surface area (Å²) in [7, 11) is 3.13. The largest absolute Gasteiger partial charge is 0.493 e. The molecule has 0 aliphatic carbocycles. The fourth-order valence-corrected chi connectivity index (χ4v) is 2.78. The van der Waals surface area contributed by atoms with Crippen molar-refractivity contribution >= 4 is 39.8 Å². The third-order valence-electron chi connectivity index (χ3n) is 3.96. The molecule has 0 radical (unpaired) electrons. The number of fused-ring (bicyclic) bond motifs is 1. The van der Waals surface area contributed by atoms with Crippen molar-refractivity contribution in [2.75, 3.05) is 19.5 Å². The molecule has 0 aliphatic heterocycles. The Morgan fingerprint density at radius 1 is 1.08 bits per heavy atom. The lowest BCUT2D eigenvalue weighted by Gasteiger charge is -2.13. The van der Waals surface area contributed by atoms with Gasteiger partial charge in [-0.15, -0.1) is 0 Å². The molecular formula is C19H18ClN3O3. The first-order valence-electron chi connectivity index (χ1n) is 8.05. The number of nitrogens with zero attached hydrogens (tertiary/aromatic N) is 2. The number of carbonyl (C=O) groups is 1. The van der Waals surface area contributed by atoms with Gasteiger partial charge in [-0.25, -0.2) is 4.98 Å². The molecule has 26 heavy (non-hydrogen) atoms. The van der Waals surface area contributed by atoms with E-state index in [-0.39, 0.29) is 11.1 Å². The molecule has 1 aromatic heterocycles. The molecule has 0 saturated heterocycles. The molecule has 3 aromatic rings. The van der Waals surface area contributed by atoms with Crippen molar-refractivity contribution < 1.29 is 14.3 Å². The SMILES string of the molecule is CCC(=O)c1ccc(Nc2nc(Cl)nc3cc(OC)c(OC)cc23)cc1. The number of carbonyl (C=O) groups excluding carboxylic acids is 1. The molecule has 134 valence electrons. The predicted molar refractivity (Wildman–Crippen MR) is 102 cm³/mol. The van der Waals surface area contributed by atoms with Crippen LogP contribution in [0.1, 0.15) is 23.7 Å². The van der Waals surface area contributed by atoms with E-state index in [1.54, 1.807) is 38.5 Å². The Balaban J connectivity index is 2.02. The van der Waals surface area contributed by atoms with Crippen molar-refractivity contribution in [3.05, 3.63) is 47.2 Å². The first-order chi connectivity index (χ1) is 12.5. The molecule has 3 rings (SSSR count). The number of benzene rings is 2. The Labute approximate surface area is 156 Å². The Hall–Kier alpha value is -2.86. The number of hydrogen-bond acceptors (Lipinski definition) is 6. The van der Waals surface area contributed by atoms with Crippen LogP contribution in [0.15, 0.2) is 36.4 Å². The third kappa shape index (κ3) is 3.55. The molecule has 2 aromatic carbocycles. The standard InChI is InChI=1S/C19H18ClN3O3/c1-4-15(24)11-5-7-12(8-6-11)21-18-13-9-16(25-2)17(26-3)10-14(13)22-19(20)23-18/h5-10H,4H2,1-3H3,(H,21,22,23). The lowest BCUT2D eigenvalue weighted by Crippen LogP contribution is -2.00. The summed E-state index contributed by atoms with van der Waals surface area (Å²) in [6.07, 6.45) is 0.473. The molecule has 0 aliphatic rings. The number of hydrogen-bond donors (Lipinski definition) is 1. The van der Waals surface area contributed by atoms with Gasteiger partial charge in [0.1, 0.15) is 5.82 Å². The van der Waals surface area contributed by atoms with E-state index in [1.165, 1.54) is 0 Å². The second-order valence-electron chi connectivity index (χ2n) is 5.54. The molecule has 1 heterocycles. The van der Waals surface area contributed by atoms with Gasteiger partial charge < -0.3 is 14.8 Å². The maximum atomic E-state index is 11.7. The first-order valence-corrected chi connectivity index (χ1v) is 8.43. The van der Waals surface area contributed by atoms with E-state index in [4.69, 9.17) is 21.1 Å². The van der Waals surface area contributed by atoms with Gasteiger partial charge in [0.05, 0.1) is 19.7 Å². The van der Waals surface area contributed by atoms with E-state index in [1.807, 2.05) is 19.1 Å². The Kier molecular flexibility index (Phi) is 5.23. The van der Waals surface area contributed by atoms with Gasteiger partial charge in [0.2, 0.25) is 5.28 Å². The number of methoxy groups -OCH3 is 2. The molecule has 7 heteroatoms. The van der Waals surface area contributed by atoms with E-state index in [9.17, 15) is 4.79 Å². The van der Waals surface area contributed by atoms with Crippen LogP contribution in [0.4, 0.5) is 11.5 Å². The second kappa shape index (κ2) is 7.58. The predicted octanol–water partition coefficient (Wildman–Crippen LogP) is 4.64. The van der Waals surface area contributed by atoms with Gasteiger partial charge >= 0.3 is 0 Å². The van der Waals surface area contributed by atoms with Crippen molar-refractivity contribution in [2.45, 2.75) is 13.3 Å². The zero-order chi connectivity index (χ0) is 18.7. The van der Waals surface area contributed by atoms with Crippen LogP contribution in [-0.4, -0.2) is 30.0 Å². The van der Waals surface area contributed by atoms with E-state index in [2.05, 4.69) is 15.3 Å². The van der Waals surface area contributed by atoms with Gasteiger partial charge in [-0.3, -0.25) is 4.79 Å². The Bertz CT molecular complexity index is 958. The third-order valence-corrected chi connectivity index (χ3v) is 4.13. The number of anilines is 2. The summed E-state index contributed by atoms with van der Waals surface area (Å²) < 4.78 is 10.7. The van der Waals surface area contributed by atoms with Crippen LogP contribution < -0.4 is 14.8 Å². The number of nitrogens with one attached hydrogen (secondary N) is 1. The van der Waals surface area contributed by atoms with Crippen LogP contribution in [-0.2, 0) is 0 Å². The second-order valence-corrected chi connectivity index (χ2v) is 5.88. The molecule has 0 amide bonds. The quantitative estimate of drug-likeness (QED) is 0.502. The van der Waals surface area contributed by atoms with Crippen LogP contribution in [0, 0.1) is 0 Å². The summed E-state index contributed by atoms with van der Waals surface area (Å²) in [5, 5.41) is 4.07. The minimum atomic E-state index is 0.101. The molecule has 0 unspecified atom stereocenters. The maximum Gasteiger partial charge on any atom is 0.224 e. The van der Waals surface area contributed by atoms with Gasteiger partial charge in [-0.05, 0) is 41.9 Å². The van der Waals surface area contributed by atoms with Crippen molar-refractivity contribution in [1.29, 1.82) is 0 Å². The van der Waals surface area contributed by atoms with Gasteiger partial charge in [-0.2, -0.15) is 4.98 Å². The molecule has 0 saturated carbocycles. The molecule has 1 N–H and O–H groups in total. The lowest BCUT2D eigenvalue weighted by molar-refractivity contribution is 0.0988. The number of halogens is 1. The molecule has 0 spiro atoms. The summed E-state index contributed by atoms with van der Waals surface area (Å²) >= 11 is 6.07. The van der Waals surface area contributed by atoms with Crippen LogP contribution in [0.3, 0.4) is 0 Å². The summed E-state index contributed by atoms with van der Waals surface area (Å²) in [6, 6.07) is 10.8. The fourth-order valence-electron chi connectivity index (χ4n) is 2.60. The highest BCUT2D eigenvalue weighted by Crippen LogP contribution is 2.35. The van der Waals surface area contributed by atoms with Crippen molar-refractivity contribution in [1.82, 2.24) is 9.97 Å². The van der Waals surface area contributed by atoms with Crippen molar-refractivity contribution in [3.8, 4) is 11.5 Å². The highest BCUT2D eigenvalue weighted by atomic mass is 35.5.